The number of ketones is 1. The Hall–Kier alpha value is -4.00. The molecule has 1 amide bonds. The molecule has 0 saturated carbocycles. The second-order valence-corrected chi connectivity index (χ2v) is 6.78. The molecular weight excluding hydrogens is 384 g/mol. The number of nitro groups is 1. The molecule has 0 saturated heterocycles. The molecule has 0 heterocycles. The molecule has 3 rings (SSSR count). The van der Waals surface area contributed by atoms with Gasteiger partial charge in [-0.3, -0.25) is 19.7 Å². The lowest BCUT2D eigenvalue weighted by molar-refractivity contribution is -0.384. The summed E-state index contributed by atoms with van der Waals surface area (Å²) in [7, 11) is 0. The summed E-state index contributed by atoms with van der Waals surface area (Å²) in [4.78, 5) is 35.1. The first-order valence-corrected chi connectivity index (χ1v) is 9.27. The average molecular weight is 404 g/mol. The first kappa shape index (κ1) is 20.7. The number of amides is 1. The summed E-state index contributed by atoms with van der Waals surface area (Å²) < 4.78 is 5.75. The number of nitrogens with zero attached hydrogens (tertiary/aromatic N) is 1. The summed E-state index contributed by atoms with van der Waals surface area (Å²) in [5.74, 6) is -0.120. The zero-order chi connectivity index (χ0) is 21.7. The molecule has 0 aromatic heterocycles. The van der Waals surface area contributed by atoms with Crippen molar-refractivity contribution >= 4 is 23.1 Å². The molecule has 0 bridgehead atoms. The van der Waals surface area contributed by atoms with Crippen LogP contribution in [0.5, 0.6) is 5.75 Å². The number of rotatable bonds is 7. The molecule has 30 heavy (non-hydrogen) atoms. The Labute approximate surface area is 173 Å². The Morgan fingerprint density at radius 2 is 1.60 bits per heavy atom. The predicted octanol–water partition coefficient (Wildman–Crippen LogP) is 4.81. The number of aryl methyl sites for hydroxylation is 1. The summed E-state index contributed by atoms with van der Waals surface area (Å²) in [6.07, 6.45) is -0.701. The van der Waals surface area contributed by atoms with E-state index in [0.717, 1.165) is 5.56 Å². The molecule has 0 radical (unpaired) electrons. The van der Waals surface area contributed by atoms with E-state index >= 15 is 0 Å². The third-order valence-corrected chi connectivity index (χ3v) is 4.45. The van der Waals surface area contributed by atoms with Crippen LogP contribution in [0.25, 0.3) is 0 Å². The van der Waals surface area contributed by atoms with Crippen LogP contribution in [0.15, 0.2) is 72.8 Å². The van der Waals surface area contributed by atoms with Crippen LogP contribution < -0.4 is 10.1 Å². The first-order chi connectivity index (χ1) is 14.3. The molecule has 0 aliphatic rings. The number of nitrogens with one attached hydrogen (secondary N) is 1. The van der Waals surface area contributed by atoms with Gasteiger partial charge in [-0.15, -0.1) is 0 Å². The van der Waals surface area contributed by atoms with Crippen molar-refractivity contribution < 1.29 is 19.2 Å². The van der Waals surface area contributed by atoms with Gasteiger partial charge in [-0.05, 0) is 38.1 Å². The summed E-state index contributed by atoms with van der Waals surface area (Å²) >= 11 is 0. The minimum Gasteiger partial charge on any atom is -0.482 e. The highest BCUT2D eigenvalue weighted by molar-refractivity contribution is 6.04. The van der Waals surface area contributed by atoms with Gasteiger partial charge in [0.1, 0.15) is 5.75 Å². The highest BCUT2D eigenvalue weighted by Crippen LogP contribution is 2.21. The highest BCUT2D eigenvalue weighted by Gasteiger charge is 2.17. The van der Waals surface area contributed by atoms with Crippen LogP contribution in [0.3, 0.4) is 0 Å². The van der Waals surface area contributed by atoms with Gasteiger partial charge in [0, 0.05) is 35.0 Å². The SMILES string of the molecule is Cc1ccc(C(=O)[C@@H](C)Oc2cccc(NC(=O)c3ccc([N+](=O)[O-])cc3)c2)cc1. The lowest BCUT2D eigenvalue weighted by Gasteiger charge is -2.15. The van der Waals surface area contributed by atoms with Crippen molar-refractivity contribution in [2.75, 3.05) is 5.32 Å². The smallest absolute Gasteiger partial charge is 0.269 e. The zero-order valence-electron chi connectivity index (χ0n) is 16.5. The van der Waals surface area contributed by atoms with E-state index in [1.807, 2.05) is 19.1 Å². The van der Waals surface area contributed by atoms with Gasteiger partial charge in [-0.25, -0.2) is 0 Å². The van der Waals surface area contributed by atoms with Crippen LogP contribution >= 0.6 is 0 Å². The lowest BCUT2D eigenvalue weighted by atomic mass is 10.1. The number of hydrogen-bond acceptors (Lipinski definition) is 5. The van der Waals surface area contributed by atoms with Crippen LogP contribution in [-0.4, -0.2) is 22.7 Å². The Morgan fingerprint density at radius 1 is 0.967 bits per heavy atom. The van der Waals surface area contributed by atoms with Gasteiger partial charge in [0.05, 0.1) is 4.92 Å². The molecule has 1 atom stereocenters. The fourth-order valence-corrected chi connectivity index (χ4v) is 2.80. The summed E-state index contributed by atoms with van der Waals surface area (Å²) in [6.45, 7) is 3.62. The van der Waals surface area contributed by atoms with E-state index in [2.05, 4.69) is 5.32 Å². The van der Waals surface area contributed by atoms with Gasteiger partial charge in [-0.1, -0.05) is 35.9 Å². The van der Waals surface area contributed by atoms with Gasteiger partial charge in [0.2, 0.25) is 5.78 Å². The van der Waals surface area contributed by atoms with Gasteiger partial charge in [0.25, 0.3) is 11.6 Å². The van der Waals surface area contributed by atoms with Crippen molar-refractivity contribution in [3.63, 3.8) is 0 Å². The second-order valence-electron chi connectivity index (χ2n) is 6.78. The van der Waals surface area contributed by atoms with Crippen molar-refractivity contribution in [3.8, 4) is 5.75 Å². The van der Waals surface area contributed by atoms with E-state index in [4.69, 9.17) is 4.74 Å². The molecular formula is C23H20N2O5. The van der Waals surface area contributed by atoms with Crippen LogP contribution in [0.1, 0.15) is 33.2 Å². The molecule has 1 N–H and O–H groups in total. The van der Waals surface area contributed by atoms with E-state index in [1.54, 1.807) is 43.3 Å². The number of non-ortho nitro benzene ring substituents is 1. The molecule has 0 aliphatic carbocycles. The van der Waals surface area contributed by atoms with Crippen molar-refractivity contribution in [2.24, 2.45) is 0 Å². The maximum Gasteiger partial charge on any atom is 0.269 e. The maximum absolute atomic E-state index is 12.5. The number of hydrogen-bond donors (Lipinski definition) is 1. The van der Waals surface area contributed by atoms with Gasteiger partial charge in [-0.2, -0.15) is 0 Å². The maximum atomic E-state index is 12.5. The van der Waals surface area contributed by atoms with Crippen molar-refractivity contribution in [1.29, 1.82) is 0 Å². The Morgan fingerprint density at radius 3 is 2.23 bits per heavy atom. The minimum absolute atomic E-state index is 0.0887. The molecule has 0 aliphatic heterocycles. The number of nitro benzene ring substituents is 1. The number of carbonyl (C=O) groups is 2. The molecule has 152 valence electrons. The van der Waals surface area contributed by atoms with Crippen LogP contribution in [0.2, 0.25) is 0 Å². The van der Waals surface area contributed by atoms with Crippen molar-refractivity contribution in [2.45, 2.75) is 20.0 Å². The van der Waals surface area contributed by atoms with Crippen molar-refractivity contribution in [3.05, 3.63) is 99.6 Å². The molecule has 3 aromatic carbocycles. The summed E-state index contributed by atoms with van der Waals surface area (Å²) in [5.41, 5.74) is 2.31. The van der Waals surface area contributed by atoms with E-state index in [9.17, 15) is 19.7 Å². The van der Waals surface area contributed by atoms with Crippen LogP contribution in [0, 0.1) is 17.0 Å². The Kier molecular flexibility index (Phi) is 6.22. The fraction of sp³-hybridized carbons (Fsp3) is 0.130. The van der Waals surface area contributed by atoms with E-state index in [-0.39, 0.29) is 17.0 Å². The fourth-order valence-electron chi connectivity index (χ4n) is 2.80. The van der Waals surface area contributed by atoms with Gasteiger partial charge in [0.15, 0.2) is 6.10 Å². The molecule has 0 fully saturated rings. The molecule has 7 nitrogen and oxygen atoms in total. The first-order valence-electron chi connectivity index (χ1n) is 9.27. The normalized spacial score (nSPS) is 11.4. The third-order valence-electron chi connectivity index (χ3n) is 4.45. The second kappa shape index (κ2) is 9.00. The van der Waals surface area contributed by atoms with Crippen molar-refractivity contribution in [1.82, 2.24) is 0 Å². The minimum atomic E-state index is -0.701. The number of Topliss-reactive ketones (excluding diaryl/α,β-unsaturated/α-hetero) is 1. The average Bonchev–Trinajstić information content (AvgIpc) is 2.74. The lowest BCUT2D eigenvalue weighted by Crippen LogP contribution is -2.24. The zero-order valence-corrected chi connectivity index (χ0v) is 16.5. The van der Waals surface area contributed by atoms with E-state index in [0.29, 0.717) is 17.0 Å². The molecule has 0 unspecified atom stereocenters. The Bertz CT molecular complexity index is 1080. The van der Waals surface area contributed by atoms with Crippen LogP contribution in [0.4, 0.5) is 11.4 Å². The third kappa shape index (κ3) is 5.08. The molecule has 3 aromatic rings. The summed E-state index contributed by atoms with van der Waals surface area (Å²) in [6, 6.07) is 19.3. The van der Waals surface area contributed by atoms with Gasteiger partial charge >= 0.3 is 0 Å². The van der Waals surface area contributed by atoms with E-state index in [1.165, 1.54) is 24.3 Å². The number of anilines is 1. The molecule has 7 heteroatoms. The van der Waals surface area contributed by atoms with E-state index < -0.39 is 16.9 Å². The highest BCUT2D eigenvalue weighted by atomic mass is 16.6. The quantitative estimate of drug-likeness (QED) is 0.346. The monoisotopic (exact) mass is 404 g/mol. The summed E-state index contributed by atoms with van der Waals surface area (Å²) in [5, 5.41) is 13.4. The van der Waals surface area contributed by atoms with Gasteiger partial charge < -0.3 is 10.1 Å². The predicted molar refractivity (Wildman–Crippen MR) is 113 cm³/mol. The molecule has 0 spiro atoms. The number of carbonyl (C=O) groups excluding carboxylic acids is 2. The standard InChI is InChI=1S/C23H20N2O5/c1-15-6-8-17(9-7-15)22(26)16(2)30-21-5-3-4-19(14-21)24-23(27)18-10-12-20(13-11-18)25(28)29/h3-14,16H,1-2H3,(H,24,27)/t16-/m1/s1. The Balaban J connectivity index is 1.66. The number of ether oxygens (including phenoxy) is 1. The topological polar surface area (TPSA) is 98.5 Å². The number of benzene rings is 3. The largest absolute Gasteiger partial charge is 0.482 e. The van der Waals surface area contributed by atoms with Crippen LogP contribution in [-0.2, 0) is 0 Å².